The number of thiazole rings is 1. The fourth-order valence-corrected chi connectivity index (χ4v) is 4.65. The van der Waals surface area contributed by atoms with Crippen LogP contribution in [0.1, 0.15) is 0 Å². The zero-order valence-electron chi connectivity index (χ0n) is 13.2. The van der Waals surface area contributed by atoms with E-state index in [1.807, 2.05) is 13.3 Å². The topological polar surface area (TPSA) is 69.4 Å². The highest BCUT2D eigenvalue weighted by Crippen LogP contribution is 2.36. The van der Waals surface area contributed by atoms with Crippen molar-refractivity contribution in [2.24, 2.45) is 7.05 Å². The molecule has 0 spiro atoms. The van der Waals surface area contributed by atoms with Crippen molar-refractivity contribution in [3.8, 4) is 11.4 Å². The number of fused-ring (bicyclic) bond motifs is 1. The Morgan fingerprint density at radius 1 is 1.16 bits per heavy atom. The van der Waals surface area contributed by atoms with E-state index in [0.29, 0.717) is 22.2 Å². The van der Waals surface area contributed by atoms with E-state index >= 15 is 0 Å². The van der Waals surface area contributed by atoms with Gasteiger partial charge in [-0.15, -0.1) is 21.5 Å². The van der Waals surface area contributed by atoms with Crippen LogP contribution in [-0.2, 0) is 7.05 Å². The van der Waals surface area contributed by atoms with E-state index in [9.17, 15) is 4.39 Å². The molecule has 0 saturated heterocycles. The van der Waals surface area contributed by atoms with Crippen LogP contribution in [-0.4, -0.2) is 36.0 Å². The summed E-state index contributed by atoms with van der Waals surface area (Å²) >= 11 is 4.48. The van der Waals surface area contributed by atoms with Gasteiger partial charge in [-0.1, -0.05) is 23.9 Å². The maximum atomic E-state index is 14.0. The van der Waals surface area contributed by atoms with Crippen molar-refractivity contribution in [1.82, 2.24) is 29.7 Å². The van der Waals surface area contributed by atoms with Crippen molar-refractivity contribution in [1.29, 1.82) is 0 Å². The summed E-state index contributed by atoms with van der Waals surface area (Å²) in [6.07, 6.45) is 3.46. The molecular formula is C15H11FN6S3. The van der Waals surface area contributed by atoms with Gasteiger partial charge in [0.25, 0.3) is 0 Å². The van der Waals surface area contributed by atoms with Crippen LogP contribution in [0.25, 0.3) is 21.7 Å². The van der Waals surface area contributed by atoms with Crippen LogP contribution in [0.15, 0.2) is 45.1 Å². The Bertz CT molecular complexity index is 1060. The van der Waals surface area contributed by atoms with E-state index in [2.05, 4.69) is 25.1 Å². The number of hydrogen-bond donors (Lipinski definition) is 0. The third kappa shape index (κ3) is 3.00. The van der Waals surface area contributed by atoms with Crippen LogP contribution < -0.4 is 0 Å². The highest BCUT2D eigenvalue weighted by atomic mass is 32.2. The summed E-state index contributed by atoms with van der Waals surface area (Å²) in [5, 5.41) is 9.71. The summed E-state index contributed by atoms with van der Waals surface area (Å²) < 4.78 is 17.6. The van der Waals surface area contributed by atoms with E-state index in [1.165, 1.54) is 24.2 Å². The van der Waals surface area contributed by atoms with Crippen LogP contribution in [0.3, 0.4) is 0 Å². The summed E-state index contributed by atoms with van der Waals surface area (Å²) in [4.78, 5) is 13.0. The molecule has 0 aliphatic carbocycles. The molecule has 0 amide bonds. The lowest BCUT2D eigenvalue weighted by Crippen LogP contribution is -1.97. The molecule has 6 nitrogen and oxygen atoms in total. The number of nitrogens with zero attached hydrogens (tertiary/aromatic N) is 6. The Hall–Kier alpha value is -2.04. The summed E-state index contributed by atoms with van der Waals surface area (Å²) in [6, 6.07) is 6.52. The molecule has 4 aromatic rings. The number of rotatable bonds is 4. The van der Waals surface area contributed by atoms with Gasteiger partial charge in [0.05, 0.1) is 5.56 Å². The third-order valence-corrected chi connectivity index (χ3v) is 6.66. The molecule has 4 rings (SSSR count). The van der Waals surface area contributed by atoms with Gasteiger partial charge in [0.15, 0.2) is 21.0 Å². The first-order valence-corrected chi connectivity index (χ1v) is 10.0. The van der Waals surface area contributed by atoms with Crippen LogP contribution in [0.4, 0.5) is 4.39 Å². The molecule has 10 heteroatoms. The molecule has 0 N–H and O–H groups in total. The zero-order chi connectivity index (χ0) is 17.4. The Morgan fingerprint density at radius 2 is 2.00 bits per heavy atom. The fraction of sp³-hybridized carbons (Fsp3) is 0.133. The molecule has 0 radical (unpaired) electrons. The summed E-state index contributed by atoms with van der Waals surface area (Å²) in [7, 11) is 1.81. The number of hydrogen-bond acceptors (Lipinski definition) is 8. The molecule has 25 heavy (non-hydrogen) atoms. The minimum absolute atomic E-state index is 0.328. The van der Waals surface area contributed by atoms with Gasteiger partial charge in [-0.3, -0.25) is 0 Å². The van der Waals surface area contributed by atoms with Gasteiger partial charge in [0, 0.05) is 7.05 Å². The highest BCUT2D eigenvalue weighted by Gasteiger charge is 2.18. The minimum atomic E-state index is -0.328. The molecule has 0 aliphatic rings. The second kappa shape index (κ2) is 6.70. The van der Waals surface area contributed by atoms with Crippen LogP contribution in [0.2, 0.25) is 0 Å². The number of aromatic nitrogens is 6. The molecule has 3 aromatic heterocycles. The molecular weight excluding hydrogens is 379 g/mol. The molecule has 3 heterocycles. The Labute approximate surface area is 154 Å². The van der Waals surface area contributed by atoms with Gasteiger partial charge in [-0.2, -0.15) is 0 Å². The van der Waals surface area contributed by atoms with Gasteiger partial charge in [-0.05, 0) is 30.2 Å². The maximum Gasteiger partial charge on any atom is 0.197 e. The normalized spacial score (nSPS) is 11.3. The summed E-state index contributed by atoms with van der Waals surface area (Å²) in [5.41, 5.74) is 1.09. The first-order valence-electron chi connectivity index (χ1n) is 7.15. The second-order valence-electron chi connectivity index (χ2n) is 4.96. The van der Waals surface area contributed by atoms with Crippen LogP contribution in [0, 0.1) is 5.82 Å². The Balaban J connectivity index is 1.73. The van der Waals surface area contributed by atoms with Crippen molar-refractivity contribution in [3.63, 3.8) is 0 Å². The molecule has 0 fully saturated rings. The van der Waals surface area contributed by atoms with Crippen molar-refractivity contribution in [2.45, 2.75) is 14.5 Å². The lowest BCUT2D eigenvalue weighted by molar-refractivity contribution is 0.628. The fourth-order valence-electron chi connectivity index (χ4n) is 2.24. The van der Waals surface area contributed by atoms with E-state index in [-0.39, 0.29) is 5.82 Å². The van der Waals surface area contributed by atoms with Crippen molar-refractivity contribution < 1.29 is 4.39 Å². The number of halogens is 1. The number of thioether (sulfide) groups is 1. The predicted octanol–water partition coefficient (Wildman–Crippen LogP) is 3.89. The standard InChI is InChI=1S/C15H11FN6S3/c1-22-12(8-5-3-4-6-9(8)16)20-21-14(22)25-13-10-11(17-7-18-13)19-15(23-2)24-10/h3-7H,1-2H3. The summed E-state index contributed by atoms with van der Waals surface area (Å²) in [5.74, 6) is 0.144. The van der Waals surface area contributed by atoms with E-state index in [4.69, 9.17) is 0 Å². The highest BCUT2D eigenvalue weighted by molar-refractivity contribution is 8.00. The van der Waals surface area contributed by atoms with Gasteiger partial charge < -0.3 is 4.57 Å². The van der Waals surface area contributed by atoms with Gasteiger partial charge in [0.1, 0.15) is 21.9 Å². The zero-order valence-corrected chi connectivity index (χ0v) is 15.6. The van der Waals surface area contributed by atoms with Gasteiger partial charge >= 0.3 is 0 Å². The molecule has 0 aliphatic heterocycles. The van der Waals surface area contributed by atoms with E-state index < -0.39 is 0 Å². The minimum Gasteiger partial charge on any atom is -0.305 e. The molecule has 126 valence electrons. The Kier molecular flexibility index (Phi) is 4.40. The average molecular weight is 390 g/mol. The van der Waals surface area contributed by atoms with Gasteiger partial charge in [-0.25, -0.2) is 19.3 Å². The van der Waals surface area contributed by atoms with E-state index in [1.54, 1.807) is 45.9 Å². The lowest BCUT2D eigenvalue weighted by Gasteiger charge is -2.04. The second-order valence-corrected chi connectivity index (χ2v) is 7.97. The van der Waals surface area contributed by atoms with Crippen LogP contribution in [0.5, 0.6) is 0 Å². The van der Waals surface area contributed by atoms with Crippen LogP contribution >= 0.6 is 34.9 Å². The smallest absolute Gasteiger partial charge is 0.197 e. The molecule has 0 saturated carbocycles. The maximum absolute atomic E-state index is 14.0. The lowest BCUT2D eigenvalue weighted by atomic mass is 10.2. The number of benzene rings is 1. The summed E-state index contributed by atoms with van der Waals surface area (Å²) in [6.45, 7) is 0. The first-order chi connectivity index (χ1) is 12.2. The predicted molar refractivity (Wildman–Crippen MR) is 97.5 cm³/mol. The largest absolute Gasteiger partial charge is 0.305 e. The van der Waals surface area contributed by atoms with Crippen molar-refractivity contribution >= 4 is 45.2 Å². The first kappa shape index (κ1) is 16.4. The monoisotopic (exact) mass is 390 g/mol. The molecule has 1 aromatic carbocycles. The average Bonchev–Trinajstić information content (AvgIpc) is 3.20. The molecule has 0 unspecified atom stereocenters. The molecule has 0 bridgehead atoms. The molecule has 0 atom stereocenters. The quantitative estimate of drug-likeness (QED) is 0.387. The van der Waals surface area contributed by atoms with E-state index in [0.717, 1.165) is 14.1 Å². The Morgan fingerprint density at radius 3 is 2.80 bits per heavy atom. The van der Waals surface area contributed by atoms with Crippen molar-refractivity contribution in [2.75, 3.05) is 6.26 Å². The SMILES string of the molecule is CSc1nc2ncnc(Sc3nnc(-c4ccccc4F)n3C)c2s1. The van der Waals surface area contributed by atoms with Crippen molar-refractivity contribution in [3.05, 3.63) is 36.4 Å². The third-order valence-electron chi connectivity index (χ3n) is 3.45. The van der Waals surface area contributed by atoms with Gasteiger partial charge in [0.2, 0.25) is 0 Å².